The lowest BCUT2D eigenvalue weighted by Crippen LogP contribution is -2.61. The molecule has 0 aromatic heterocycles. The first kappa shape index (κ1) is 16.4. The normalized spacial score (nSPS) is 20.0. The van der Waals surface area contributed by atoms with E-state index >= 15 is 0 Å². The zero-order valence-corrected chi connectivity index (χ0v) is 14.5. The molecule has 2 aliphatic rings. The van der Waals surface area contributed by atoms with Crippen LogP contribution in [0, 0.1) is 0 Å². The second kappa shape index (κ2) is 5.89. The number of hydrogen-bond acceptors (Lipinski definition) is 5. The van der Waals surface area contributed by atoms with Gasteiger partial charge in [0, 0.05) is 19.2 Å². The van der Waals surface area contributed by atoms with Gasteiger partial charge >= 0.3 is 6.09 Å². The molecule has 130 valence electrons. The highest BCUT2D eigenvalue weighted by molar-refractivity contribution is 6.04. The van der Waals surface area contributed by atoms with Gasteiger partial charge in [0.15, 0.2) is 0 Å². The standard InChI is InChI=1S/C17H23N3O4/c1-17(2,3)24-16(22)19-7-8-20-13-9-11(23-4)5-6-12(13)18-15(21)14(20)10-19/h5-6,9,14H,7-8,10H2,1-4H3,(H,18,21). The fourth-order valence-electron chi connectivity index (χ4n) is 2.99. The van der Waals surface area contributed by atoms with E-state index in [1.165, 1.54) is 0 Å². The molecule has 2 amide bonds. The summed E-state index contributed by atoms with van der Waals surface area (Å²) in [4.78, 5) is 28.3. The molecule has 1 aromatic rings. The highest BCUT2D eigenvalue weighted by atomic mass is 16.6. The summed E-state index contributed by atoms with van der Waals surface area (Å²) < 4.78 is 10.7. The molecule has 0 spiro atoms. The maximum atomic E-state index is 12.4. The molecule has 2 aliphatic heterocycles. The van der Waals surface area contributed by atoms with E-state index in [1.54, 1.807) is 12.0 Å². The van der Waals surface area contributed by atoms with Gasteiger partial charge in [-0.3, -0.25) is 4.79 Å². The van der Waals surface area contributed by atoms with Gasteiger partial charge in [-0.2, -0.15) is 0 Å². The largest absolute Gasteiger partial charge is 0.497 e. The third kappa shape index (κ3) is 3.11. The quantitative estimate of drug-likeness (QED) is 0.852. The Hall–Kier alpha value is -2.44. The van der Waals surface area contributed by atoms with Crippen LogP contribution in [0.2, 0.25) is 0 Å². The van der Waals surface area contributed by atoms with E-state index < -0.39 is 11.6 Å². The van der Waals surface area contributed by atoms with E-state index in [1.807, 2.05) is 43.9 Å². The molecular formula is C17H23N3O4. The number of ether oxygens (including phenoxy) is 2. The Morgan fingerprint density at radius 1 is 1.29 bits per heavy atom. The zero-order chi connectivity index (χ0) is 17.5. The van der Waals surface area contributed by atoms with Gasteiger partial charge in [-0.05, 0) is 32.9 Å². The summed E-state index contributed by atoms with van der Waals surface area (Å²) in [5.41, 5.74) is 1.13. The molecule has 1 fully saturated rings. The van der Waals surface area contributed by atoms with Crippen LogP contribution in [0.4, 0.5) is 16.2 Å². The highest BCUT2D eigenvalue weighted by Gasteiger charge is 2.39. The third-order valence-electron chi connectivity index (χ3n) is 4.11. The van der Waals surface area contributed by atoms with Crippen molar-refractivity contribution < 1.29 is 19.1 Å². The van der Waals surface area contributed by atoms with Crippen LogP contribution >= 0.6 is 0 Å². The van der Waals surface area contributed by atoms with Crippen molar-refractivity contribution in [2.75, 3.05) is 37.0 Å². The van der Waals surface area contributed by atoms with E-state index in [4.69, 9.17) is 9.47 Å². The predicted molar refractivity (Wildman–Crippen MR) is 90.6 cm³/mol. The Bertz CT molecular complexity index is 668. The van der Waals surface area contributed by atoms with E-state index in [2.05, 4.69) is 5.32 Å². The monoisotopic (exact) mass is 333 g/mol. The van der Waals surface area contributed by atoms with Gasteiger partial charge < -0.3 is 24.6 Å². The first-order valence-corrected chi connectivity index (χ1v) is 8.02. The summed E-state index contributed by atoms with van der Waals surface area (Å²) in [5.74, 6) is 0.624. The molecule has 3 rings (SSSR count). The van der Waals surface area contributed by atoms with Gasteiger partial charge in [0.05, 0.1) is 25.0 Å². The number of anilines is 2. The highest BCUT2D eigenvalue weighted by Crippen LogP contribution is 2.36. The molecule has 24 heavy (non-hydrogen) atoms. The number of amides is 2. The van der Waals surface area contributed by atoms with Crippen LogP contribution in [0.5, 0.6) is 5.75 Å². The number of rotatable bonds is 1. The zero-order valence-electron chi connectivity index (χ0n) is 14.5. The molecule has 1 atom stereocenters. The molecule has 0 bridgehead atoms. The molecule has 2 heterocycles. The molecule has 1 aromatic carbocycles. The topological polar surface area (TPSA) is 71.1 Å². The number of benzene rings is 1. The van der Waals surface area contributed by atoms with Crippen molar-refractivity contribution in [2.45, 2.75) is 32.4 Å². The maximum absolute atomic E-state index is 12.4. The molecule has 1 saturated heterocycles. The first-order valence-electron chi connectivity index (χ1n) is 8.02. The summed E-state index contributed by atoms with van der Waals surface area (Å²) >= 11 is 0. The van der Waals surface area contributed by atoms with Crippen LogP contribution in [0.15, 0.2) is 18.2 Å². The molecule has 0 saturated carbocycles. The van der Waals surface area contributed by atoms with Crippen molar-refractivity contribution in [3.8, 4) is 5.75 Å². The fourth-order valence-corrected chi connectivity index (χ4v) is 2.99. The lowest BCUT2D eigenvalue weighted by molar-refractivity contribution is -0.118. The Kier molecular flexibility index (Phi) is 4.03. The van der Waals surface area contributed by atoms with Crippen molar-refractivity contribution in [2.24, 2.45) is 0 Å². The van der Waals surface area contributed by atoms with Crippen LogP contribution in [-0.2, 0) is 9.53 Å². The summed E-state index contributed by atoms with van der Waals surface area (Å²) in [7, 11) is 1.61. The number of nitrogens with one attached hydrogen (secondary N) is 1. The molecule has 0 aliphatic carbocycles. The number of piperazine rings is 1. The third-order valence-corrected chi connectivity index (χ3v) is 4.11. The van der Waals surface area contributed by atoms with Gasteiger partial charge in [0.1, 0.15) is 17.4 Å². The van der Waals surface area contributed by atoms with Crippen molar-refractivity contribution in [3.05, 3.63) is 18.2 Å². The smallest absolute Gasteiger partial charge is 0.410 e. The van der Waals surface area contributed by atoms with Gasteiger partial charge in [-0.1, -0.05) is 0 Å². The second-order valence-electron chi connectivity index (χ2n) is 7.01. The molecule has 1 N–H and O–H groups in total. The molecule has 0 radical (unpaired) electrons. The van der Waals surface area contributed by atoms with E-state index in [-0.39, 0.29) is 12.0 Å². The molecule has 1 unspecified atom stereocenters. The molecule has 7 heteroatoms. The van der Waals surface area contributed by atoms with E-state index in [0.717, 1.165) is 17.1 Å². The number of carbonyl (C=O) groups is 2. The second-order valence-corrected chi connectivity index (χ2v) is 7.01. The Morgan fingerprint density at radius 2 is 2.04 bits per heavy atom. The number of methoxy groups -OCH3 is 1. The molecular weight excluding hydrogens is 310 g/mol. The van der Waals surface area contributed by atoms with E-state index in [0.29, 0.717) is 19.6 Å². The molecule has 7 nitrogen and oxygen atoms in total. The number of nitrogens with zero attached hydrogens (tertiary/aromatic N) is 2. The van der Waals surface area contributed by atoms with Gasteiger partial charge in [-0.25, -0.2) is 4.79 Å². The summed E-state index contributed by atoms with van der Waals surface area (Å²) in [6.45, 7) is 6.87. The van der Waals surface area contributed by atoms with Gasteiger partial charge in [-0.15, -0.1) is 0 Å². The maximum Gasteiger partial charge on any atom is 0.410 e. The number of hydrogen-bond donors (Lipinski definition) is 1. The first-order chi connectivity index (χ1) is 11.3. The summed E-state index contributed by atoms with van der Waals surface area (Å²) in [6, 6.07) is 5.13. The minimum absolute atomic E-state index is 0.110. The lowest BCUT2D eigenvalue weighted by Gasteiger charge is -2.45. The minimum Gasteiger partial charge on any atom is -0.497 e. The Labute approximate surface area is 141 Å². The number of carbonyl (C=O) groups excluding carboxylic acids is 2. The van der Waals surface area contributed by atoms with Crippen molar-refractivity contribution in [1.82, 2.24) is 4.90 Å². The van der Waals surface area contributed by atoms with Crippen molar-refractivity contribution in [1.29, 1.82) is 0 Å². The minimum atomic E-state index is -0.553. The van der Waals surface area contributed by atoms with Gasteiger partial charge in [0.25, 0.3) is 0 Å². The van der Waals surface area contributed by atoms with Crippen LogP contribution in [0.25, 0.3) is 0 Å². The van der Waals surface area contributed by atoms with Crippen LogP contribution in [-0.4, -0.2) is 55.3 Å². The van der Waals surface area contributed by atoms with Crippen molar-refractivity contribution >= 4 is 23.4 Å². The average Bonchev–Trinajstić information content (AvgIpc) is 2.53. The van der Waals surface area contributed by atoms with Crippen LogP contribution < -0.4 is 15.0 Å². The summed E-state index contributed by atoms with van der Waals surface area (Å²) in [6.07, 6.45) is -0.383. The average molecular weight is 333 g/mol. The SMILES string of the molecule is COc1ccc2c(c1)N1CCN(C(=O)OC(C)(C)C)CC1C(=O)N2. The summed E-state index contributed by atoms with van der Waals surface area (Å²) in [5, 5.41) is 2.90. The van der Waals surface area contributed by atoms with Crippen LogP contribution in [0.1, 0.15) is 20.8 Å². The van der Waals surface area contributed by atoms with Crippen LogP contribution in [0.3, 0.4) is 0 Å². The Balaban J connectivity index is 1.80. The van der Waals surface area contributed by atoms with E-state index in [9.17, 15) is 9.59 Å². The lowest BCUT2D eigenvalue weighted by atomic mass is 10.0. The van der Waals surface area contributed by atoms with Gasteiger partial charge in [0.2, 0.25) is 5.91 Å². The fraction of sp³-hybridized carbons (Fsp3) is 0.529. The predicted octanol–water partition coefficient (Wildman–Crippen LogP) is 2.07. The number of fused-ring (bicyclic) bond motifs is 3. The Morgan fingerprint density at radius 3 is 2.71 bits per heavy atom. The van der Waals surface area contributed by atoms with Crippen molar-refractivity contribution in [3.63, 3.8) is 0 Å².